The predicted molar refractivity (Wildman–Crippen MR) is 84.5 cm³/mol. The molecule has 0 saturated carbocycles. The highest BCUT2D eigenvalue weighted by Gasteiger charge is 2.22. The van der Waals surface area contributed by atoms with E-state index in [1.54, 1.807) is 30.3 Å². The first kappa shape index (κ1) is 15.1. The minimum absolute atomic E-state index is 0.120. The van der Waals surface area contributed by atoms with E-state index < -0.39 is 21.8 Å². The second-order valence-electron chi connectivity index (χ2n) is 4.69. The third-order valence-electron chi connectivity index (χ3n) is 3.18. The number of anilines is 1. The molecule has 23 heavy (non-hydrogen) atoms. The van der Waals surface area contributed by atoms with Crippen LogP contribution in [0.15, 0.2) is 57.7 Å². The Hall–Kier alpha value is -2.84. The Morgan fingerprint density at radius 2 is 1.70 bits per heavy atom. The Kier molecular flexibility index (Phi) is 3.55. The third kappa shape index (κ3) is 2.89. The summed E-state index contributed by atoms with van der Waals surface area (Å²) in [5, 5.41) is 0.230. The van der Waals surface area contributed by atoms with Gasteiger partial charge in [-0.25, -0.2) is 0 Å². The van der Waals surface area contributed by atoms with E-state index in [4.69, 9.17) is 14.7 Å². The lowest BCUT2D eigenvalue weighted by atomic mass is 10.0. The topological polar surface area (TPSA) is 120 Å². The number of nitrogen functional groups attached to an aromatic ring is 1. The molecule has 0 atom stereocenters. The SMILES string of the molecule is Nc1ccccc1-c1c(OS(=O)(=O)O)oc2ccccc2c1=O. The molecular weight excluding hydrogens is 322 g/mol. The predicted octanol–water partition coefficient (Wildman–Crippen LogP) is 2.22. The van der Waals surface area contributed by atoms with Gasteiger partial charge in [0.05, 0.1) is 5.39 Å². The summed E-state index contributed by atoms with van der Waals surface area (Å²) in [5.74, 6) is -0.644. The highest BCUT2D eigenvalue weighted by Crippen LogP contribution is 2.34. The molecule has 0 saturated heterocycles. The Bertz CT molecular complexity index is 1050. The molecule has 0 aliphatic rings. The molecule has 8 heteroatoms. The molecule has 0 amide bonds. The van der Waals surface area contributed by atoms with E-state index in [1.165, 1.54) is 18.2 Å². The minimum atomic E-state index is -4.88. The molecule has 118 valence electrons. The summed E-state index contributed by atoms with van der Waals surface area (Å²) in [7, 11) is -4.88. The molecule has 3 N–H and O–H groups in total. The van der Waals surface area contributed by atoms with Crippen LogP contribution in [0.5, 0.6) is 5.95 Å². The van der Waals surface area contributed by atoms with Crippen molar-refractivity contribution in [1.82, 2.24) is 0 Å². The van der Waals surface area contributed by atoms with Gasteiger partial charge in [-0.2, -0.15) is 8.42 Å². The summed E-state index contributed by atoms with van der Waals surface area (Å²) in [5.41, 5.74) is 5.74. The molecule has 3 rings (SSSR count). The van der Waals surface area contributed by atoms with Gasteiger partial charge in [-0.15, -0.1) is 0 Å². The van der Waals surface area contributed by atoms with Crippen molar-refractivity contribution in [2.75, 3.05) is 5.73 Å². The molecule has 0 aliphatic heterocycles. The molecular formula is C15H11NO6S. The maximum absolute atomic E-state index is 12.7. The number of hydrogen-bond donors (Lipinski definition) is 2. The molecule has 1 aromatic heterocycles. The molecule has 3 aromatic rings. The highest BCUT2D eigenvalue weighted by molar-refractivity contribution is 7.81. The molecule has 2 aromatic carbocycles. The van der Waals surface area contributed by atoms with Gasteiger partial charge in [0.2, 0.25) is 5.43 Å². The van der Waals surface area contributed by atoms with Gasteiger partial charge in [-0.3, -0.25) is 9.35 Å². The Labute approximate surface area is 130 Å². The summed E-state index contributed by atoms with van der Waals surface area (Å²) in [6.07, 6.45) is 0. The van der Waals surface area contributed by atoms with Gasteiger partial charge in [0.1, 0.15) is 11.1 Å². The molecule has 1 heterocycles. The Balaban J connectivity index is 2.42. The zero-order chi connectivity index (χ0) is 16.6. The van der Waals surface area contributed by atoms with Crippen LogP contribution in [0.1, 0.15) is 0 Å². The lowest BCUT2D eigenvalue weighted by Gasteiger charge is -2.10. The first-order valence-corrected chi connectivity index (χ1v) is 7.81. The fourth-order valence-corrected chi connectivity index (χ4v) is 2.54. The fourth-order valence-electron chi connectivity index (χ4n) is 2.23. The Morgan fingerprint density at radius 1 is 1.04 bits per heavy atom. The summed E-state index contributed by atoms with van der Waals surface area (Å²) in [6, 6.07) is 12.6. The number of para-hydroxylation sites is 2. The van der Waals surface area contributed by atoms with E-state index in [-0.39, 0.29) is 27.8 Å². The smallest absolute Gasteiger partial charge is 0.424 e. The lowest BCUT2D eigenvalue weighted by molar-refractivity contribution is 0.338. The maximum atomic E-state index is 12.7. The van der Waals surface area contributed by atoms with Crippen LogP contribution >= 0.6 is 0 Å². The molecule has 0 unspecified atom stereocenters. The van der Waals surface area contributed by atoms with Gasteiger partial charge < -0.3 is 14.3 Å². The average Bonchev–Trinajstić information content (AvgIpc) is 2.47. The van der Waals surface area contributed by atoms with Crippen molar-refractivity contribution in [3.8, 4) is 17.1 Å². The molecule has 0 radical (unpaired) electrons. The molecule has 0 fully saturated rings. The third-order valence-corrected chi connectivity index (χ3v) is 3.54. The van der Waals surface area contributed by atoms with Crippen molar-refractivity contribution < 1.29 is 21.6 Å². The van der Waals surface area contributed by atoms with Crippen molar-refractivity contribution in [1.29, 1.82) is 0 Å². The number of hydrogen-bond acceptors (Lipinski definition) is 6. The standard InChI is InChI=1S/C15H11NO6S/c16-11-7-3-1-5-9(11)13-14(17)10-6-2-4-8-12(10)21-15(13)22-23(18,19)20/h1-8H,16H2,(H,18,19,20). The molecule has 0 aliphatic carbocycles. The van der Waals surface area contributed by atoms with Crippen LogP contribution < -0.4 is 15.3 Å². The zero-order valence-corrected chi connectivity index (χ0v) is 12.4. The van der Waals surface area contributed by atoms with Gasteiger partial charge in [-0.05, 0) is 18.2 Å². The van der Waals surface area contributed by atoms with E-state index >= 15 is 0 Å². The normalized spacial score (nSPS) is 11.5. The van der Waals surface area contributed by atoms with Crippen LogP contribution in [0.25, 0.3) is 22.1 Å². The van der Waals surface area contributed by atoms with Crippen LogP contribution in [0.4, 0.5) is 5.69 Å². The van der Waals surface area contributed by atoms with Crippen molar-refractivity contribution in [3.05, 3.63) is 58.8 Å². The van der Waals surface area contributed by atoms with Crippen LogP contribution in [-0.2, 0) is 10.4 Å². The monoisotopic (exact) mass is 333 g/mol. The van der Waals surface area contributed by atoms with Gasteiger partial charge in [0.25, 0.3) is 0 Å². The van der Waals surface area contributed by atoms with Crippen molar-refractivity contribution in [3.63, 3.8) is 0 Å². The second kappa shape index (κ2) is 5.41. The fraction of sp³-hybridized carbons (Fsp3) is 0. The van der Waals surface area contributed by atoms with Crippen LogP contribution in [-0.4, -0.2) is 13.0 Å². The van der Waals surface area contributed by atoms with Crippen molar-refractivity contribution in [2.45, 2.75) is 0 Å². The summed E-state index contributed by atoms with van der Waals surface area (Å²) in [4.78, 5) is 12.7. The summed E-state index contributed by atoms with van der Waals surface area (Å²) >= 11 is 0. The van der Waals surface area contributed by atoms with Gasteiger partial charge >= 0.3 is 16.3 Å². The first-order chi connectivity index (χ1) is 10.9. The zero-order valence-electron chi connectivity index (χ0n) is 11.6. The van der Waals surface area contributed by atoms with Crippen LogP contribution in [0.2, 0.25) is 0 Å². The van der Waals surface area contributed by atoms with E-state index in [9.17, 15) is 13.2 Å². The number of benzene rings is 2. The average molecular weight is 333 g/mol. The van der Waals surface area contributed by atoms with Crippen LogP contribution in [0, 0.1) is 0 Å². The number of nitrogens with two attached hydrogens (primary N) is 1. The van der Waals surface area contributed by atoms with Gasteiger partial charge in [0.15, 0.2) is 0 Å². The second-order valence-corrected chi connectivity index (χ2v) is 5.71. The van der Waals surface area contributed by atoms with Gasteiger partial charge in [0, 0.05) is 11.3 Å². The lowest BCUT2D eigenvalue weighted by Crippen LogP contribution is -2.13. The van der Waals surface area contributed by atoms with Gasteiger partial charge in [-0.1, -0.05) is 30.3 Å². The van der Waals surface area contributed by atoms with Crippen LogP contribution in [0.3, 0.4) is 0 Å². The summed E-state index contributed by atoms with van der Waals surface area (Å²) in [6.45, 7) is 0. The van der Waals surface area contributed by atoms with E-state index in [0.29, 0.717) is 0 Å². The van der Waals surface area contributed by atoms with E-state index in [1.807, 2.05) is 0 Å². The summed E-state index contributed by atoms with van der Waals surface area (Å²) < 4.78 is 40.8. The largest absolute Gasteiger partial charge is 0.449 e. The quantitative estimate of drug-likeness (QED) is 0.557. The highest BCUT2D eigenvalue weighted by atomic mass is 32.3. The molecule has 0 spiro atoms. The van der Waals surface area contributed by atoms with Crippen molar-refractivity contribution >= 4 is 27.1 Å². The van der Waals surface area contributed by atoms with E-state index in [2.05, 4.69) is 4.18 Å². The number of rotatable bonds is 3. The van der Waals surface area contributed by atoms with E-state index in [0.717, 1.165) is 0 Å². The molecule has 0 bridgehead atoms. The number of fused-ring (bicyclic) bond motifs is 1. The first-order valence-electron chi connectivity index (χ1n) is 6.44. The Morgan fingerprint density at radius 3 is 2.39 bits per heavy atom. The maximum Gasteiger partial charge on any atom is 0.449 e. The molecule has 7 nitrogen and oxygen atoms in total. The van der Waals surface area contributed by atoms with Crippen molar-refractivity contribution in [2.24, 2.45) is 0 Å². The minimum Gasteiger partial charge on any atom is -0.424 e.